The molecule has 0 bridgehead atoms. The molecule has 0 unspecified atom stereocenters. The predicted molar refractivity (Wildman–Crippen MR) is 98.8 cm³/mol. The van der Waals surface area contributed by atoms with E-state index in [1.54, 1.807) is 12.1 Å². The molecule has 3 nitrogen and oxygen atoms in total. The van der Waals surface area contributed by atoms with Gasteiger partial charge in [0, 0.05) is 22.2 Å². The van der Waals surface area contributed by atoms with E-state index in [1.165, 1.54) is 12.1 Å². The van der Waals surface area contributed by atoms with Crippen LogP contribution in [0.1, 0.15) is 30.5 Å². The third-order valence-electron chi connectivity index (χ3n) is 4.40. The molecule has 0 fully saturated rings. The van der Waals surface area contributed by atoms with E-state index in [1.807, 2.05) is 31.2 Å². The van der Waals surface area contributed by atoms with E-state index in [0.717, 1.165) is 47.8 Å². The summed E-state index contributed by atoms with van der Waals surface area (Å²) >= 11 is 0. The maximum Gasteiger partial charge on any atom is 0.192 e. The second kappa shape index (κ2) is 7.97. The number of pyridine rings is 1. The van der Waals surface area contributed by atoms with Crippen LogP contribution in [0.2, 0.25) is 0 Å². The van der Waals surface area contributed by atoms with Crippen molar-refractivity contribution in [1.82, 2.24) is 4.98 Å². The van der Waals surface area contributed by atoms with Crippen molar-refractivity contribution in [2.75, 3.05) is 6.61 Å². The van der Waals surface area contributed by atoms with Crippen molar-refractivity contribution in [3.8, 4) is 5.75 Å². The summed E-state index contributed by atoms with van der Waals surface area (Å²) in [5.74, 6) is 0.434. The van der Waals surface area contributed by atoms with Gasteiger partial charge in [0.05, 0.1) is 6.61 Å². The number of H-pyrrole nitrogens is 1. The lowest BCUT2D eigenvalue weighted by Gasteiger charge is -2.09. The standard InChI is InChI=1S/C21H22FNO2/c1-15-19(23-20-9-5-4-7-18(20)21(15)24)8-3-2-6-14-25-17-12-10-16(22)11-13-17/h4-5,7,9-13H,2-3,6,8,14H2,1H3,(H,23,24). The molecule has 0 saturated carbocycles. The number of para-hydroxylation sites is 1. The number of aromatic nitrogens is 1. The van der Waals surface area contributed by atoms with Gasteiger partial charge in [-0.2, -0.15) is 0 Å². The maximum absolute atomic E-state index is 12.8. The second-order valence-corrected chi connectivity index (χ2v) is 6.22. The molecule has 0 aliphatic carbocycles. The third kappa shape index (κ3) is 4.27. The molecule has 25 heavy (non-hydrogen) atoms. The number of unbranched alkanes of at least 4 members (excludes halogenated alkanes) is 2. The first-order valence-electron chi connectivity index (χ1n) is 8.64. The highest BCUT2D eigenvalue weighted by Crippen LogP contribution is 2.14. The summed E-state index contributed by atoms with van der Waals surface area (Å²) in [6.45, 7) is 2.50. The Morgan fingerprint density at radius 1 is 1.00 bits per heavy atom. The minimum Gasteiger partial charge on any atom is -0.494 e. The number of halogens is 1. The topological polar surface area (TPSA) is 42.1 Å². The van der Waals surface area contributed by atoms with Crippen LogP contribution in [-0.2, 0) is 6.42 Å². The van der Waals surface area contributed by atoms with Crippen molar-refractivity contribution in [1.29, 1.82) is 0 Å². The van der Waals surface area contributed by atoms with Gasteiger partial charge in [-0.3, -0.25) is 4.79 Å². The van der Waals surface area contributed by atoms with Crippen LogP contribution < -0.4 is 10.2 Å². The van der Waals surface area contributed by atoms with E-state index in [9.17, 15) is 9.18 Å². The summed E-state index contributed by atoms with van der Waals surface area (Å²) in [5, 5.41) is 0.747. The minimum atomic E-state index is -0.257. The minimum absolute atomic E-state index is 0.115. The Morgan fingerprint density at radius 2 is 1.76 bits per heavy atom. The lowest BCUT2D eigenvalue weighted by atomic mass is 10.0. The van der Waals surface area contributed by atoms with Crippen molar-refractivity contribution in [2.45, 2.75) is 32.6 Å². The zero-order chi connectivity index (χ0) is 17.6. The van der Waals surface area contributed by atoms with Crippen molar-refractivity contribution in [3.63, 3.8) is 0 Å². The van der Waals surface area contributed by atoms with Crippen molar-refractivity contribution in [2.24, 2.45) is 0 Å². The van der Waals surface area contributed by atoms with Gasteiger partial charge in [0.15, 0.2) is 5.43 Å². The largest absolute Gasteiger partial charge is 0.494 e. The smallest absolute Gasteiger partial charge is 0.192 e. The van der Waals surface area contributed by atoms with Gasteiger partial charge in [0.2, 0.25) is 0 Å². The highest BCUT2D eigenvalue weighted by atomic mass is 19.1. The van der Waals surface area contributed by atoms with E-state index < -0.39 is 0 Å². The summed E-state index contributed by atoms with van der Waals surface area (Å²) in [4.78, 5) is 15.8. The zero-order valence-corrected chi connectivity index (χ0v) is 14.3. The van der Waals surface area contributed by atoms with Crippen LogP contribution >= 0.6 is 0 Å². The normalized spacial score (nSPS) is 11.0. The number of aromatic amines is 1. The molecule has 4 heteroatoms. The van der Waals surface area contributed by atoms with Gasteiger partial charge in [-0.25, -0.2) is 4.39 Å². The Labute approximate surface area is 146 Å². The summed E-state index contributed by atoms with van der Waals surface area (Å²) in [7, 11) is 0. The monoisotopic (exact) mass is 339 g/mol. The van der Waals surface area contributed by atoms with Crippen LogP contribution in [0.3, 0.4) is 0 Å². The number of fused-ring (bicyclic) bond motifs is 1. The number of benzene rings is 2. The highest BCUT2D eigenvalue weighted by molar-refractivity contribution is 5.79. The summed E-state index contributed by atoms with van der Waals surface area (Å²) < 4.78 is 18.4. The number of nitrogens with one attached hydrogen (secondary N) is 1. The van der Waals surface area contributed by atoms with E-state index >= 15 is 0 Å². The van der Waals surface area contributed by atoms with E-state index in [4.69, 9.17) is 4.74 Å². The second-order valence-electron chi connectivity index (χ2n) is 6.22. The molecule has 0 radical (unpaired) electrons. The number of ether oxygens (including phenoxy) is 1. The first-order chi connectivity index (χ1) is 12.1. The molecule has 0 saturated heterocycles. The van der Waals surface area contributed by atoms with Gasteiger partial charge in [-0.1, -0.05) is 12.1 Å². The van der Waals surface area contributed by atoms with Crippen LogP contribution in [0.15, 0.2) is 53.3 Å². The summed E-state index contributed by atoms with van der Waals surface area (Å²) in [6.07, 6.45) is 3.77. The molecule has 0 amide bonds. The molecule has 1 aromatic heterocycles. The van der Waals surface area contributed by atoms with Crippen LogP contribution in [0, 0.1) is 12.7 Å². The fourth-order valence-corrected chi connectivity index (χ4v) is 2.94. The fraction of sp³-hybridized carbons (Fsp3) is 0.286. The Hall–Kier alpha value is -2.62. The number of hydrogen-bond acceptors (Lipinski definition) is 2. The molecule has 0 aliphatic heterocycles. The van der Waals surface area contributed by atoms with Crippen molar-refractivity contribution < 1.29 is 9.13 Å². The average Bonchev–Trinajstić information content (AvgIpc) is 2.63. The van der Waals surface area contributed by atoms with E-state index in [0.29, 0.717) is 12.4 Å². The Morgan fingerprint density at radius 3 is 2.56 bits per heavy atom. The molecule has 3 rings (SSSR count). The maximum atomic E-state index is 12.8. The van der Waals surface area contributed by atoms with Gasteiger partial charge in [-0.05, 0) is 69.0 Å². The number of hydrogen-bond donors (Lipinski definition) is 1. The molecular weight excluding hydrogens is 317 g/mol. The first kappa shape index (κ1) is 17.2. The Balaban J connectivity index is 1.49. The summed E-state index contributed by atoms with van der Waals surface area (Å²) in [6, 6.07) is 13.7. The lowest BCUT2D eigenvalue weighted by Crippen LogP contribution is -2.11. The predicted octanol–water partition coefficient (Wildman–Crippen LogP) is 4.77. The number of rotatable bonds is 7. The molecule has 130 valence electrons. The first-order valence-corrected chi connectivity index (χ1v) is 8.64. The average molecular weight is 339 g/mol. The molecule has 3 aromatic rings. The zero-order valence-electron chi connectivity index (χ0n) is 14.3. The molecule has 0 aliphatic rings. The summed E-state index contributed by atoms with van der Waals surface area (Å²) in [5.41, 5.74) is 2.83. The van der Waals surface area contributed by atoms with E-state index in [-0.39, 0.29) is 11.2 Å². The molecule has 0 spiro atoms. The van der Waals surface area contributed by atoms with Gasteiger partial charge in [0.25, 0.3) is 0 Å². The number of aryl methyl sites for hydroxylation is 1. The molecular formula is C21H22FNO2. The van der Waals surface area contributed by atoms with Crippen molar-refractivity contribution in [3.05, 3.63) is 75.8 Å². The van der Waals surface area contributed by atoms with E-state index in [2.05, 4.69) is 4.98 Å². The van der Waals surface area contributed by atoms with Gasteiger partial charge < -0.3 is 9.72 Å². The van der Waals surface area contributed by atoms with Crippen LogP contribution in [0.25, 0.3) is 10.9 Å². The molecule has 1 heterocycles. The third-order valence-corrected chi connectivity index (χ3v) is 4.40. The fourth-order valence-electron chi connectivity index (χ4n) is 2.94. The van der Waals surface area contributed by atoms with Crippen LogP contribution in [-0.4, -0.2) is 11.6 Å². The van der Waals surface area contributed by atoms with Gasteiger partial charge >= 0.3 is 0 Å². The lowest BCUT2D eigenvalue weighted by molar-refractivity contribution is 0.305. The Bertz CT molecular complexity index is 900. The molecule has 2 aromatic carbocycles. The Kier molecular flexibility index (Phi) is 5.49. The quantitative estimate of drug-likeness (QED) is 0.630. The van der Waals surface area contributed by atoms with Gasteiger partial charge in [-0.15, -0.1) is 0 Å². The van der Waals surface area contributed by atoms with Crippen LogP contribution in [0.5, 0.6) is 5.75 Å². The SMILES string of the molecule is Cc1c(CCCCCOc2ccc(F)cc2)[nH]c2ccccc2c1=O. The van der Waals surface area contributed by atoms with Crippen molar-refractivity contribution >= 4 is 10.9 Å². The highest BCUT2D eigenvalue weighted by Gasteiger charge is 2.07. The van der Waals surface area contributed by atoms with Crippen LogP contribution in [0.4, 0.5) is 4.39 Å². The molecule has 0 atom stereocenters. The molecule has 1 N–H and O–H groups in total. The van der Waals surface area contributed by atoms with Gasteiger partial charge in [0.1, 0.15) is 11.6 Å².